The quantitative estimate of drug-likeness (QED) is 0.608. The van der Waals surface area contributed by atoms with Crippen LogP contribution < -0.4 is 5.32 Å². The first-order chi connectivity index (χ1) is 5.61. The molecule has 0 radical (unpaired) electrons. The number of likely N-dealkylation sites (N-methyl/N-ethyl adjacent to an activating group) is 2. The Hall–Kier alpha value is -0.340. The van der Waals surface area contributed by atoms with Crippen molar-refractivity contribution in [2.24, 2.45) is 0 Å². The molecule has 72 valence electrons. The Morgan fingerprint density at radius 1 is 1.50 bits per heavy atom. The molecule has 0 fully saturated rings. The van der Waals surface area contributed by atoms with E-state index in [4.69, 9.17) is 0 Å². The van der Waals surface area contributed by atoms with E-state index in [9.17, 15) is 0 Å². The van der Waals surface area contributed by atoms with E-state index in [1.165, 1.54) is 5.57 Å². The summed E-state index contributed by atoms with van der Waals surface area (Å²) in [5, 5.41) is 3.11. The van der Waals surface area contributed by atoms with Gasteiger partial charge < -0.3 is 5.32 Å². The van der Waals surface area contributed by atoms with Crippen LogP contribution in [-0.4, -0.2) is 37.6 Å². The van der Waals surface area contributed by atoms with Crippen LogP contribution in [0, 0.1) is 0 Å². The summed E-state index contributed by atoms with van der Waals surface area (Å²) in [5.74, 6) is 0. The van der Waals surface area contributed by atoms with E-state index >= 15 is 0 Å². The molecule has 0 atom stereocenters. The molecule has 0 saturated carbocycles. The first-order valence-corrected chi connectivity index (χ1v) is 4.67. The fourth-order valence-electron chi connectivity index (χ4n) is 1.25. The van der Waals surface area contributed by atoms with Gasteiger partial charge in [0, 0.05) is 19.1 Å². The monoisotopic (exact) mass is 170 g/mol. The van der Waals surface area contributed by atoms with Crippen molar-refractivity contribution in [1.82, 2.24) is 10.2 Å². The third-order valence-corrected chi connectivity index (χ3v) is 1.99. The molecule has 0 aliphatic rings. The van der Waals surface area contributed by atoms with Crippen LogP contribution in [0.4, 0.5) is 0 Å². The zero-order valence-electron chi connectivity index (χ0n) is 8.85. The Morgan fingerprint density at radius 3 is 2.42 bits per heavy atom. The molecule has 2 heteroatoms. The van der Waals surface area contributed by atoms with Gasteiger partial charge in [0.05, 0.1) is 0 Å². The highest BCUT2D eigenvalue weighted by molar-refractivity contribution is 4.99. The number of hydrogen-bond acceptors (Lipinski definition) is 2. The van der Waals surface area contributed by atoms with Crippen LogP contribution in [0.2, 0.25) is 0 Å². The molecule has 2 nitrogen and oxygen atoms in total. The molecule has 0 aromatic carbocycles. The lowest BCUT2D eigenvalue weighted by Gasteiger charge is -2.25. The van der Waals surface area contributed by atoms with Gasteiger partial charge in [-0.2, -0.15) is 0 Å². The zero-order chi connectivity index (χ0) is 9.56. The highest BCUT2D eigenvalue weighted by atomic mass is 15.1. The second kappa shape index (κ2) is 6.21. The Labute approximate surface area is 76.6 Å². The van der Waals surface area contributed by atoms with Crippen molar-refractivity contribution in [3.05, 3.63) is 12.2 Å². The molecule has 12 heavy (non-hydrogen) atoms. The number of nitrogens with one attached hydrogen (secondary N) is 1. The lowest BCUT2D eigenvalue weighted by molar-refractivity contribution is 0.252. The maximum Gasteiger partial charge on any atom is 0.0205 e. The summed E-state index contributed by atoms with van der Waals surface area (Å²) in [4.78, 5) is 2.40. The summed E-state index contributed by atoms with van der Waals surface area (Å²) in [5.41, 5.74) is 1.26. The van der Waals surface area contributed by atoms with Gasteiger partial charge >= 0.3 is 0 Å². The summed E-state index contributed by atoms with van der Waals surface area (Å²) in [6.45, 7) is 13.7. The molecule has 0 spiro atoms. The van der Waals surface area contributed by atoms with Gasteiger partial charge in [0.15, 0.2) is 0 Å². The highest BCUT2D eigenvalue weighted by Gasteiger charge is 2.06. The van der Waals surface area contributed by atoms with Crippen molar-refractivity contribution in [3.63, 3.8) is 0 Å². The molecular weight excluding hydrogens is 148 g/mol. The van der Waals surface area contributed by atoms with E-state index in [1.54, 1.807) is 0 Å². The first-order valence-electron chi connectivity index (χ1n) is 4.67. The minimum absolute atomic E-state index is 0.614. The molecule has 0 unspecified atom stereocenters. The lowest BCUT2D eigenvalue weighted by atomic mass is 10.2. The molecule has 0 aliphatic heterocycles. The topological polar surface area (TPSA) is 15.3 Å². The Balaban J connectivity index is 3.77. The maximum atomic E-state index is 4.01. The molecule has 1 N–H and O–H groups in total. The fraction of sp³-hybridized carbons (Fsp3) is 0.800. The van der Waals surface area contributed by atoms with Crippen molar-refractivity contribution in [3.8, 4) is 0 Å². The van der Waals surface area contributed by atoms with E-state index in [-0.39, 0.29) is 0 Å². The van der Waals surface area contributed by atoms with Crippen LogP contribution in [-0.2, 0) is 0 Å². The second-order valence-electron chi connectivity index (χ2n) is 3.44. The average molecular weight is 170 g/mol. The summed E-state index contributed by atoms with van der Waals surface area (Å²) < 4.78 is 0. The normalized spacial score (nSPS) is 11.2. The summed E-state index contributed by atoms with van der Waals surface area (Å²) in [6, 6.07) is 0.614. The molecule has 0 aromatic heterocycles. The van der Waals surface area contributed by atoms with Gasteiger partial charge in [-0.05, 0) is 33.0 Å². The maximum absolute atomic E-state index is 4.01. The summed E-state index contributed by atoms with van der Waals surface area (Å²) in [6.07, 6.45) is 0. The van der Waals surface area contributed by atoms with E-state index in [1.807, 2.05) is 7.05 Å². The molecule has 0 rings (SSSR count). The predicted molar refractivity (Wildman–Crippen MR) is 55.4 cm³/mol. The Bertz CT molecular complexity index is 130. The SMILES string of the molecule is C=C(CNC)CN(CC)C(C)C. The van der Waals surface area contributed by atoms with Gasteiger partial charge in [-0.1, -0.05) is 13.5 Å². The van der Waals surface area contributed by atoms with Gasteiger partial charge in [0.2, 0.25) is 0 Å². The van der Waals surface area contributed by atoms with Crippen LogP contribution in [0.1, 0.15) is 20.8 Å². The van der Waals surface area contributed by atoms with Crippen LogP contribution >= 0.6 is 0 Å². The van der Waals surface area contributed by atoms with E-state index in [0.717, 1.165) is 19.6 Å². The molecule has 0 aliphatic carbocycles. The first kappa shape index (κ1) is 11.7. The molecule has 0 amide bonds. The van der Waals surface area contributed by atoms with Gasteiger partial charge in [-0.3, -0.25) is 4.90 Å². The lowest BCUT2D eigenvalue weighted by Crippen LogP contribution is -2.33. The van der Waals surface area contributed by atoms with Crippen LogP contribution in [0.25, 0.3) is 0 Å². The van der Waals surface area contributed by atoms with E-state index in [0.29, 0.717) is 6.04 Å². The van der Waals surface area contributed by atoms with E-state index < -0.39 is 0 Å². The Morgan fingerprint density at radius 2 is 2.08 bits per heavy atom. The smallest absolute Gasteiger partial charge is 0.0205 e. The third-order valence-electron chi connectivity index (χ3n) is 1.99. The fourth-order valence-corrected chi connectivity index (χ4v) is 1.25. The minimum Gasteiger partial charge on any atom is -0.316 e. The molecule has 0 bridgehead atoms. The van der Waals surface area contributed by atoms with Crippen LogP contribution in [0.15, 0.2) is 12.2 Å². The van der Waals surface area contributed by atoms with E-state index in [2.05, 4.69) is 37.6 Å². The van der Waals surface area contributed by atoms with Gasteiger partial charge in [0.1, 0.15) is 0 Å². The van der Waals surface area contributed by atoms with Crippen LogP contribution in [0.3, 0.4) is 0 Å². The van der Waals surface area contributed by atoms with Crippen molar-refractivity contribution >= 4 is 0 Å². The summed E-state index contributed by atoms with van der Waals surface area (Å²) in [7, 11) is 1.96. The van der Waals surface area contributed by atoms with Gasteiger partial charge in [0.25, 0.3) is 0 Å². The number of nitrogens with zero attached hydrogens (tertiary/aromatic N) is 1. The highest BCUT2D eigenvalue weighted by Crippen LogP contribution is 2.01. The minimum atomic E-state index is 0.614. The summed E-state index contributed by atoms with van der Waals surface area (Å²) >= 11 is 0. The van der Waals surface area contributed by atoms with Crippen molar-refractivity contribution in [1.29, 1.82) is 0 Å². The predicted octanol–water partition coefficient (Wildman–Crippen LogP) is 1.49. The standard InChI is InChI=1S/C10H22N2/c1-6-12(9(2)3)8-10(4)7-11-5/h9,11H,4,6-8H2,1-3,5H3. The van der Waals surface area contributed by atoms with Gasteiger partial charge in [-0.25, -0.2) is 0 Å². The molecular formula is C10H22N2. The van der Waals surface area contributed by atoms with Crippen molar-refractivity contribution in [2.75, 3.05) is 26.7 Å². The van der Waals surface area contributed by atoms with Crippen molar-refractivity contribution < 1.29 is 0 Å². The molecule has 0 saturated heterocycles. The molecule has 0 aromatic rings. The average Bonchev–Trinajstić information content (AvgIpc) is 2.00. The van der Waals surface area contributed by atoms with Crippen LogP contribution in [0.5, 0.6) is 0 Å². The largest absolute Gasteiger partial charge is 0.316 e. The second-order valence-corrected chi connectivity index (χ2v) is 3.44. The van der Waals surface area contributed by atoms with Crippen molar-refractivity contribution in [2.45, 2.75) is 26.8 Å². The number of hydrogen-bond donors (Lipinski definition) is 1. The third kappa shape index (κ3) is 4.52. The molecule has 0 heterocycles. The Kier molecular flexibility index (Phi) is 6.03. The number of rotatable bonds is 6. The zero-order valence-corrected chi connectivity index (χ0v) is 8.85. The van der Waals surface area contributed by atoms with Gasteiger partial charge in [-0.15, -0.1) is 0 Å².